The zero-order chi connectivity index (χ0) is 11.3. The minimum absolute atomic E-state index is 0.368. The molecule has 0 aliphatic heterocycles. The highest BCUT2D eigenvalue weighted by Gasteiger charge is 2.05. The molecule has 1 rings (SSSR count). The smallest absolute Gasteiger partial charge is 0.0762 e. The summed E-state index contributed by atoms with van der Waals surface area (Å²) >= 11 is 1.89. The monoisotopic (exact) mass is 224 g/mol. The predicted molar refractivity (Wildman–Crippen MR) is 67.3 cm³/mol. The molecule has 1 N–H and O–H groups in total. The van der Waals surface area contributed by atoms with Gasteiger partial charge in [0.1, 0.15) is 0 Å². The molecule has 0 saturated carbocycles. The molecular formula is C13H20OS. The van der Waals surface area contributed by atoms with Gasteiger partial charge < -0.3 is 5.11 Å². The molecule has 0 aliphatic rings. The van der Waals surface area contributed by atoms with Crippen LogP contribution in [0.2, 0.25) is 0 Å². The fourth-order valence-corrected chi connectivity index (χ4v) is 2.72. The number of thioether (sulfide) groups is 1. The van der Waals surface area contributed by atoms with Crippen molar-refractivity contribution in [2.24, 2.45) is 0 Å². The van der Waals surface area contributed by atoms with Crippen LogP contribution in [0.25, 0.3) is 0 Å². The molecular weight excluding hydrogens is 204 g/mol. The Labute approximate surface area is 96.9 Å². The van der Waals surface area contributed by atoms with Gasteiger partial charge in [-0.05, 0) is 31.0 Å². The van der Waals surface area contributed by atoms with E-state index in [1.807, 2.05) is 23.9 Å². The maximum absolute atomic E-state index is 9.48. The van der Waals surface area contributed by atoms with E-state index in [-0.39, 0.29) is 6.10 Å². The van der Waals surface area contributed by atoms with Crippen molar-refractivity contribution in [2.75, 3.05) is 0 Å². The zero-order valence-corrected chi connectivity index (χ0v) is 10.6. The average Bonchev–Trinajstić information content (AvgIpc) is 2.18. The van der Waals surface area contributed by atoms with Gasteiger partial charge in [-0.15, -0.1) is 11.8 Å². The first kappa shape index (κ1) is 12.6. The summed E-state index contributed by atoms with van der Waals surface area (Å²) in [5.74, 6) is 0. The first-order valence-electron chi connectivity index (χ1n) is 5.58. The fourth-order valence-electron chi connectivity index (χ4n) is 1.55. The van der Waals surface area contributed by atoms with Crippen molar-refractivity contribution in [3.8, 4) is 0 Å². The Morgan fingerprint density at radius 2 is 2.07 bits per heavy atom. The van der Waals surface area contributed by atoms with Crippen molar-refractivity contribution >= 4 is 11.8 Å². The van der Waals surface area contributed by atoms with Crippen LogP contribution >= 0.6 is 11.8 Å². The summed E-state index contributed by atoms with van der Waals surface area (Å²) in [5, 5.41) is 10.1. The van der Waals surface area contributed by atoms with E-state index in [0.29, 0.717) is 5.25 Å². The highest BCUT2D eigenvalue weighted by Crippen LogP contribution is 2.27. The van der Waals surface area contributed by atoms with Gasteiger partial charge >= 0.3 is 0 Å². The quantitative estimate of drug-likeness (QED) is 0.762. The molecule has 1 aromatic rings. The van der Waals surface area contributed by atoms with Gasteiger partial charge in [0, 0.05) is 10.1 Å². The Morgan fingerprint density at radius 3 is 2.67 bits per heavy atom. The average molecular weight is 224 g/mol. The van der Waals surface area contributed by atoms with Crippen LogP contribution in [0.1, 0.15) is 45.3 Å². The van der Waals surface area contributed by atoms with E-state index in [2.05, 4.69) is 26.0 Å². The van der Waals surface area contributed by atoms with Crippen molar-refractivity contribution < 1.29 is 5.11 Å². The molecule has 0 saturated heterocycles. The van der Waals surface area contributed by atoms with Gasteiger partial charge in [-0.1, -0.05) is 32.4 Å². The van der Waals surface area contributed by atoms with E-state index in [1.165, 1.54) is 17.7 Å². The Kier molecular flexibility index (Phi) is 5.20. The molecule has 0 bridgehead atoms. The number of aliphatic hydroxyl groups is 1. The summed E-state index contributed by atoms with van der Waals surface area (Å²) in [4.78, 5) is 1.26. The molecule has 15 heavy (non-hydrogen) atoms. The van der Waals surface area contributed by atoms with Crippen LogP contribution in [0.3, 0.4) is 0 Å². The molecule has 0 aromatic heterocycles. The molecule has 0 heterocycles. The Bertz CT molecular complexity index is 296. The van der Waals surface area contributed by atoms with Gasteiger partial charge in [0.15, 0.2) is 0 Å². The number of hydrogen-bond acceptors (Lipinski definition) is 2. The third kappa shape index (κ3) is 4.27. The molecule has 2 heteroatoms. The topological polar surface area (TPSA) is 20.2 Å². The van der Waals surface area contributed by atoms with E-state index in [0.717, 1.165) is 5.56 Å². The molecule has 0 radical (unpaired) electrons. The molecule has 0 spiro atoms. The number of rotatable bonds is 5. The minimum atomic E-state index is -0.368. The Morgan fingerprint density at radius 1 is 1.33 bits per heavy atom. The second-order valence-corrected chi connectivity index (χ2v) is 5.48. The maximum Gasteiger partial charge on any atom is 0.0762 e. The SMILES string of the molecule is CCCC(C)Sc1cccc(C(C)O)c1. The zero-order valence-electron chi connectivity index (χ0n) is 9.73. The largest absolute Gasteiger partial charge is 0.389 e. The summed E-state index contributed by atoms with van der Waals surface area (Å²) in [5.41, 5.74) is 1.00. The standard InChI is InChI=1S/C13H20OS/c1-4-6-10(2)15-13-8-5-7-12(9-13)11(3)14/h5,7-11,14H,4,6H2,1-3H3. The van der Waals surface area contributed by atoms with E-state index >= 15 is 0 Å². The van der Waals surface area contributed by atoms with Gasteiger partial charge in [0.25, 0.3) is 0 Å². The van der Waals surface area contributed by atoms with Gasteiger partial charge in [-0.2, -0.15) is 0 Å². The van der Waals surface area contributed by atoms with Crippen molar-refractivity contribution in [2.45, 2.75) is 49.9 Å². The normalized spacial score (nSPS) is 14.9. The van der Waals surface area contributed by atoms with E-state index in [9.17, 15) is 5.11 Å². The van der Waals surface area contributed by atoms with E-state index in [1.54, 1.807) is 6.92 Å². The fraction of sp³-hybridized carbons (Fsp3) is 0.538. The van der Waals surface area contributed by atoms with Crippen molar-refractivity contribution in [1.82, 2.24) is 0 Å². The highest BCUT2D eigenvalue weighted by atomic mass is 32.2. The Hall–Kier alpha value is -0.470. The molecule has 2 unspecified atom stereocenters. The number of hydrogen-bond donors (Lipinski definition) is 1. The minimum Gasteiger partial charge on any atom is -0.389 e. The van der Waals surface area contributed by atoms with Crippen molar-refractivity contribution in [3.05, 3.63) is 29.8 Å². The summed E-state index contributed by atoms with van der Waals surface area (Å²) in [6.45, 7) is 6.27. The first-order chi connectivity index (χ1) is 7.13. The molecule has 2 atom stereocenters. The van der Waals surface area contributed by atoms with Crippen LogP contribution in [-0.4, -0.2) is 10.4 Å². The molecule has 0 fully saturated rings. The number of benzene rings is 1. The van der Waals surface area contributed by atoms with E-state index in [4.69, 9.17) is 0 Å². The van der Waals surface area contributed by atoms with Gasteiger partial charge in [0.2, 0.25) is 0 Å². The summed E-state index contributed by atoms with van der Waals surface area (Å²) < 4.78 is 0. The third-order valence-corrected chi connectivity index (χ3v) is 3.54. The summed E-state index contributed by atoms with van der Waals surface area (Å²) in [6, 6.07) is 8.19. The van der Waals surface area contributed by atoms with Crippen LogP contribution < -0.4 is 0 Å². The van der Waals surface area contributed by atoms with Crippen LogP contribution in [0.5, 0.6) is 0 Å². The lowest BCUT2D eigenvalue weighted by atomic mass is 10.1. The predicted octanol–water partition coefficient (Wildman–Crippen LogP) is 4.02. The van der Waals surface area contributed by atoms with Crippen LogP contribution in [0, 0.1) is 0 Å². The molecule has 84 valence electrons. The van der Waals surface area contributed by atoms with Gasteiger partial charge in [0.05, 0.1) is 6.10 Å². The van der Waals surface area contributed by atoms with Crippen molar-refractivity contribution in [3.63, 3.8) is 0 Å². The second kappa shape index (κ2) is 6.19. The second-order valence-electron chi connectivity index (χ2n) is 3.97. The maximum atomic E-state index is 9.48. The Balaban J connectivity index is 2.65. The molecule has 1 aromatic carbocycles. The van der Waals surface area contributed by atoms with Crippen LogP contribution in [0.15, 0.2) is 29.2 Å². The van der Waals surface area contributed by atoms with Gasteiger partial charge in [-0.25, -0.2) is 0 Å². The lowest BCUT2D eigenvalue weighted by molar-refractivity contribution is 0.199. The third-order valence-electron chi connectivity index (χ3n) is 2.37. The lowest BCUT2D eigenvalue weighted by Gasteiger charge is -2.11. The first-order valence-corrected chi connectivity index (χ1v) is 6.46. The van der Waals surface area contributed by atoms with Crippen LogP contribution in [0.4, 0.5) is 0 Å². The number of aliphatic hydroxyl groups excluding tert-OH is 1. The van der Waals surface area contributed by atoms with Crippen molar-refractivity contribution in [1.29, 1.82) is 0 Å². The molecule has 0 aliphatic carbocycles. The van der Waals surface area contributed by atoms with Crippen LogP contribution in [-0.2, 0) is 0 Å². The lowest BCUT2D eigenvalue weighted by Crippen LogP contribution is -1.95. The summed E-state index contributed by atoms with van der Waals surface area (Å²) in [6.07, 6.45) is 2.10. The molecule has 0 amide bonds. The molecule has 1 nitrogen and oxygen atoms in total. The highest BCUT2D eigenvalue weighted by molar-refractivity contribution is 7.99. The van der Waals surface area contributed by atoms with Gasteiger partial charge in [-0.3, -0.25) is 0 Å². The van der Waals surface area contributed by atoms with E-state index < -0.39 is 0 Å². The summed E-state index contributed by atoms with van der Waals surface area (Å²) in [7, 11) is 0.